The normalized spacial score (nSPS) is 23.3. The van der Waals surface area contributed by atoms with Crippen molar-refractivity contribution in [3.63, 3.8) is 0 Å². The molecule has 2 heterocycles. The summed E-state index contributed by atoms with van der Waals surface area (Å²) in [6, 6.07) is 13.8. The van der Waals surface area contributed by atoms with Crippen LogP contribution in [0.1, 0.15) is 48.9 Å². The van der Waals surface area contributed by atoms with Crippen molar-refractivity contribution in [1.82, 2.24) is 9.80 Å². The predicted octanol–water partition coefficient (Wildman–Crippen LogP) is 5.11. The average Bonchev–Trinajstić information content (AvgIpc) is 3.24. The van der Waals surface area contributed by atoms with E-state index >= 15 is 0 Å². The van der Waals surface area contributed by atoms with E-state index in [0.29, 0.717) is 24.3 Å². The molecule has 1 saturated heterocycles. The molecule has 0 bridgehead atoms. The summed E-state index contributed by atoms with van der Waals surface area (Å²) in [6.45, 7) is 7.78. The van der Waals surface area contributed by atoms with Gasteiger partial charge in [-0.2, -0.15) is 8.78 Å². The van der Waals surface area contributed by atoms with E-state index in [2.05, 4.69) is 58.8 Å². The number of hydrogen-bond donors (Lipinski definition) is 0. The first kappa shape index (κ1) is 22.2. The topological polar surface area (TPSA) is 24.9 Å². The van der Waals surface area contributed by atoms with Crippen molar-refractivity contribution in [3.05, 3.63) is 64.7 Å². The number of alkyl halides is 2. The minimum atomic E-state index is -3.19. The van der Waals surface area contributed by atoms with Crippen LogP contribution in [-0.4, -0.2) is 43.2 Å². The first-order valence-corrected chi connectivity index (χ1v) is 11.1. The second kappa shape index (κ2) is 8.85. The molecular weight excluding hydrogens is 398 g/mol. The Morgan fingerprint density at radius 2 is 1.87 bits per heavy atom. The number of ether oxygens (including phenoxy) is 2. The summed E-state index contributed by atoms with van der Waals surface area (Å²) in [5.74, 6) is 0.708. The summed E-state index contributed by atoms with van der Waals surface area (Å²) in [5.41, 5.74) is 2.79. The molecule has 2 aliphatic heterocycles. The molecule has 0 aromatic heterocycles. The Kier molecular flexibility index (Phi) is 6.33. The van der Waals surface area contributed by atoms with Crippen molar-refractivity contribution in [1.29, 1.82) is 0 Å². The quantitative estimate of drug-likeness (QED) is 0.544. The molecule has 0 N–H and O–H groups in total. The van der Waals surface area contributed by atoms with Crippen LogP contribution < -0.4 is 4.74 Å². The van der Waals surface area contributed by atoms with Crippen LogP contribution in [0.25, 0.3) is 0 Å². The van der Waals surface area contributed by atoms with E-state index in [1.165, 1.54) is 11.6 Å². The van der Waals surface area contributed by atoms with Gasteiger partial charge in [0.15, 0.2) is 0 Å². The van der Waals surface area contributed by atoms with Crippen molar-refractivity contribution >= 4 is 0 Å². The fraction of sp³-hybridized carbons (Fsp3) is 0.520. The minimum Gasteiger partial charge on any atom is -0.493 e. The van der Waals surface area contributed by atoms with Gasteiger partial charge in [0, 0.05) is 6.54 Å². The van der Waals surface area contributed by atoms with E-state index < -0.39 is 6.11 Å². The molecule has 2 aromatic carbocycles. The predicted molar refractivity (Wildman–Crippen MR) is 117 cm³/mol. The molecule has 0 amide bonds. The maximum atomic E-state index is 13.8. The molecule has 168 valence electrons. The van der Waals surface area contributed by atoms with Gasteiger partial charge < -0.3 is 9.47 Å². The van der Waals surface area contributed by atoms with E-state index in [1.54, 1.807) is 6.07 Å². The lowest BCUT2D eigenvalue weighted by molar-refractivity contribution is -0.239. The monoisotopic (exact) mass is 430 g/mol. The minimum absolute atomic E-state index is 0.0173. The van der Waals surface area contributed by atoms with Gasteiger partial charge in [-0.3, -0.25) is 9.80 Å². The van der Waals surface area contributed by atoms with Gasteiger partial charge in [0.2, 0.25) is 0 Å². The summed E-state index contributed by atoms with van der Waals surface area (Å²) in [7, 11) is 2.18. The molecular formula is C25H32F2N2O2. The van der Waals surface area contributed by atoms with Crippen molar-refractivity contribution < 1.29 is 18.3 Å². The zero-order chi connectivity index (χ0) is 22.1. The van der Waals surface area contributed by atoms with Crippen LogP contribution in [0, 0.1) is 0 Å². The molecule has 1 unspecified atom stereocenters. The smallest absolute Gasteiger partial charge is 0.383 e. The first-order chi connectivity index (χ1) is 14.8. The Morgan fingerprint density at radius 1 is 1.10 bits per heavy atom. The maximum absolute atomic E-state index is 13.8. The van der Waals surface area contributed by atoms with Crippen LogP contribution in [0.5, 0.6) is 5.75 Å². The third kappa shape index (κ3) is 4.34. The highest BCUT2D eigenvalue weighted by Crippen LogP contribution is 2.43. The molecule has 0 spiro atoms. The Balaban J connectivity index is 1.27. The number of hydrogen-bond acceptors (Lipinski definition) is 4. The number of halogens is 2. The summed E-state index contributed by atoms with van der Waals surface area (Å²) < 4.78 is 38.3. The second-order valence-electron chi connectivity index (χ2n) is 8.81. The fourth-order valence-electron chi connectivity index (χ4n) is 4.81. The first-order valence-electron chi connectivity index (χ1n) is 11.1. The van der Waals surface area contributed by atoms with Crippen LogP contribution in [0.3, 0.4) is 0 Å². The SMILES string of the molecule is CCc1c(OCCCCN2CN(C)C(C)(c3ccccc3)C2)ccc2c1COC2(F)F. The van der Waals surface area contributed by atoms with Crippen LogP contribution in [0.4, 0.5) is 8.78 Å². The Hall–Kier alpha value is -2.02. The third-order valence-electron chi connectivity index (χ3n) is 6.76. The van der Waals surface area contributed by atoms with Crippen LogP contribution >= 0.6 is 0 Å². The molecule has 31 heavy (non-hydrogen) atoms. The lowest BCUT2D eigenvalue weighted by Gasteiger charge is -2.31. The van der Waals surface area contributed by atoms with Gasteiger partial charge in [-0.25, -0.2) is 0 Å². The zero-order valence-electron chi connectivity index (χ0n) is 18.7. The van der Waals surface area contributed by atoms with Gasteiger partial charge in [-0.1, -0.05) is 37.3 Å². The Morgan fingerprint density at radius 3 is 2.61 bits per heavy atom. The number of likely N-dealkylation sites (N-methyl/N-ethyl adjacent to an activating group) is 1. The van der Waals surface area contributed by atoms with Gasteiger partial charge >= 0.3 is 6.11 Å². The number of rotatable bonds is 8. The van der Waals surface area contributed by atoms with E-state index in [1.807, 2.05) is 6.92 Å². The van der Waals surface area contributed by atoms with E-state index in [4.69, 9.17) is 4.74 Å². The highest BCUT2D eigenvalue weighted by Gasteiger charge is 2.42. The Bertz CT molecular complexity index is 906. The summed E-state index contributed by atoms with van der Waals surface area (Å²) in [5, 5.41) is 0. The van der Waals surface area contributed by atoms with Gasteiger partial charge in [0.25, 0.3) is 0 Å². The van der Waals surface area contributed by atoms with Crippen molar-refractivity contribution in [2.75, 3.05) is 33.4 Å². The van der Waals surface area contributed by atoms with E-state index in [-0.39, 0.29) is 17.7 Å². The molecule has 2 aliphatic rings. The molecule has 6 heteroatoms. The number of benzene rings is 2. The van der Waals surface area contributed by atoms with Gasteiger partial charge in [-0.05, 0) is 68.6 Å². The van der Waals surface area contributed by atoms with Crippen molar-refractivity contribution in [2.24, 2.45) is 0 Å². The summed E-state index contributed by atoms with van der Waals surface area (Å²) >= 11 is 0. The lowest BCUT2D eigenvalue weighted by atomic mass is 9.92. The van der Waals surface area contributed by atoms with E-state index in [0.717, 1.165) is 38.2 Å². The fourth-order valence-corrected chi connectivity index (χ4v) is 4.81. The van der Waals surface area contributed by atoms with Crippen LogP contribution in [0.15, 0.2) is 42.5 Å². The van der Waals surface area contributed by atoms with Crippen molar-refractivity contribution in [3.8, 4) is 5.75 Å². The maximum Gasteiger partial charge on any atom is 0.383 e. The molecule has 2 aromatic rings. The van der Waals surface area contributed by atoms with Gasteiger partial charge in [0.05, 0.1) is 31.0 Å². The summed E-state index contributed by atoms with van der Waals surface area (Å²) in [6.07, 6.45) is -0.577. The highest BCUT2D eigenvalue weighted by molar-refractivity contribution is 5.47. The lowest BCUT2D eigenvalue weighted by Crippen LogP contribution is -2.37. The molecule has 0 aliphatic carbocycles. The zero-order valence-corrected chi connectivity index (χ0v) is 18.7. The van der Waals surface area contributed by atoms with Crippen LogP contribution in [-0.2, 0) is 29.4 Å². The average molecular weight is 431 g/mol. The molecule has 1 atom stereocenters. The molecule has 4 nitrogen and oxygen atoms in total. The largest absolute Gasteiger partial charge is 0.493 e. The molecule has 0 radical (unpaired) electrons. The molecule has 1 fully saturated rings. The number of fused-ring (bicyclic) bond motifs is 1. The number of nitrogens with zero attached hydrogens (tertiary/aromatic N) is 2. The van der Waals surface area contributed by atoms with E-state index in [9.17, 15) is 8.78 Å². The van der Waals surface area contributed by atoms with Gasteiger partial charge in [0.1, 0.15) is 5.75 Å². The molecule has 4 rings (SSSR count). The van der Waals surface area contributed by atoms with Crippen molar-refractivity contribution in [2.45, 2.75) is 51.4 Å². The highest BCUT2D eigenvalue weighted by atomic mass is 19.3. The van der Waals surface area contributed by atoms with Gasteiger partial charge in [-0.15, -0.1) is 0 Å². The number of unbranched alkanes of at least 4 members (excludes halogenated alkanes) is 1. The molecule has 0 saturated carbocycles. The standard InChI is InChI=1S/C25H32F2N2O2/c1-4-20-21-16-31-25(26,27)22(21)12-13-23(20)30-15-9-8-14-29-17-24(2,28(3)18-29)19-10-6-5-7-11-19/h5-7,10-13H,4,8-9,14-18H2,1-3H3. The van der Waals surface area contributed by atoms with Crippen LogP contribution in [0.2, 0.25) is 0 Å². The Labute approximate surface area is 183 Å². The third-order valence-corrected chi connectivity index (χ3v) is 6.76. The second-order valence-corrected chi connectivity index (χ2v) is 8.81. The summed E-state index contributed by atoms with van der Waals surface area (Å²) in [4.78, 5) is 4.90.